The maximum Gasteiger partial charge on any atom is 0.374 e. The summed E-state index contributed by atoms with van der Waals surface area (Å²) in [5.41, 5.74) is 0. The van der Waals surface area contributed by atoms with Crippen molar-refractivity contribution in [2.75, 3.05) is 19.7 Å². The van der Waals surface area contributed by atoms with Crippen molar-refractivity contribution in [3.05, 3.63) is 17.9 Å². The highest BCUT2D eigenvalue weighted by molar-refractivity contribution is 7.89. The molecular weight excluding hydrogens is 332 g/mol. The van der Waals surface area contributed by atoms with Gasteiger partial charge in [0, 0.05) is 25.2 Å². The van der Waals surface area contributed by atoms with E-state index in [0.29, 0.717) is 13.1 Å². The molecule has 2 unspecified atom stereocenters. The molecule has 0 amide bonds. The number of ether oxygens (including phenoxy) is 1. The number of piperazine rings is 1. The first kappa shape index (κ1) is 19.0. The van der Waals surface area contributed by atoms with Crippen LogP contribution in [0.2, 0.25) is 0 Å². The first-order chi connectivity index (χ1) is 9.87. The van der Waals surface area contributed by atoms with Crippen molar-refractivity contribution in [2.24, 2.45) is 0 Å². The fourth-order valence-corrected chi connectivity index (χ4v) is 3.87. The van der Waals surface area contributed by atoms with E-state index in [1.54, 1.807) is 6.92 Å². The second-order valence-electron chi connectivity index (χ2n) is 4.94. The second-order valence-corrected chi connectivity index (χ2v) is 6.76. The molecule has 2 atom stereocenters. The zero-order valence-electron chi connectivity index (χ0n) is 12.7. The number of carbonyl (C=O) groups is 1. The molecule has 0 spiro atoms. The van der Waals surface area contributed by atoms with E-state index < -0.39 is 16.0 Å². The van der Waals surface area contributed by atoms with Crippen molar-refractivity contribution in [1.82, 2.24) is 9.62 Å². The molecule has 2 heterocycles. The maximum absolute atomic E-state index is 12.6. The van der Waals surface area contributed by atoms with Crippen molar-refractivity contribution in [1.29, 1.82) is 0 Å². The van der Waals surface area contributed by atoms with Gasteiger partial charge in [0.1, 0.15) is 0 Å². The van der Waals surface area contributed by atoms with Crippen LogP contribution in [0, 0.1) is 0 Å². The van der Waals surface area contributed by atoms with Gasteiger partial charge in [-0.1, -0.05) is 0 Å². The summed E-state index contributed by atoms with van der Waals surface area (Å²) in [4.78, 5) is 11.5. The van der Waals surface area contributed by atoms with Gasteiger partial charge in [0.05, 0.1) is 6.61 Å². The summed E-state index contributed by atoms with van der Waals surface area (Å²) in [6, 6.07) is 2.47. The molecule has 2 rings (SSSR count). The van der Waals surface area contributed by atoms with Crippen molar-refractivity contribution >= 4 is 28.4 Å². The molecule has 1 aliphatic rings. The van der Waals surface area contributed by atoms with Crippen LogP contribution < -0.4 is 5.32 Å². The number of hydrogen-bond acceptors (Lipinski definition) is 6. The zero-order chi connectivity index (χ0) is 15.6. The van der Waals surface area contributed by atoms with Gasteiger partial charge in [-0.25, -0.2) is 13.2 Å². The minimum Gasteiger partial charge on any atom is -0.460 e. The van der Waals surface area contributed by atoms with E-state index in [1.165, 1.54) is 16.4 Å². The van der Waals surface area contributed by atoms with Gasteiger partial charge in [0.2, 0.25) is 10.9 Å². The predicted octanol–water partition coefficient (Wildman–Crippen LogP) is 1.25. The van der Waals surface area contributed by atoms with Crippen LogP contribution >= 0.6 is 12.4 Å². The Morgan fingerprint density at radius 2 is 2.14 bits per heavy atom. The topological polar surface area (TPSA) is 88.9 Å². The SMILES string of the molecule is CCOC(=O)c1ccc(S(=O)(=O)N2CCNC(C)C2C)o1.Cl. The lowest BCUT2D eigenvalue weighted by molar-refractivity contribution is 0.0483. The average molecular weight is 353 g/mol. The summed E-state index contributed by atoms with van der Waals surface area (Å²) < 4.78 is 36.5. The Morgan fingerprint density at radius 1 is 1.45 bits per heavy atom. The Morgan fingerprint density at radius 3 is 2.77 bits per heavy atom. The van der Waals surface area contributed by atoms with E-state index in [1.807, 2.05) is 13.8 Å². The lowest BCUT2D eigenvalue weighted by Crippen LogP contribution is -2.56. The van der Waals surface area contributed by atoms with Crippen LogP contribution in [-0.2, 0) is 14.8 Å². The summed E-state index contributed by atoms with van der Waals surface area (Å²) in [5.74, 6) is -0.771. The van der Waals surface area contributed by atoms with Gasteiger partial charge >= 0.3 is 5.97 Å². The van der Waals surface area contributed by atoms with E-state index in [-0.39, 0.29) is 42.0 Å². The van der Waals surface area contributed by atoms with Crippen molar-refractivity contribution in [3.63, 3.8) is 0 Å². The molecule has 1 fully saturated rings. The Kier molecular flexibility index (Phi) is 6.42. The van der Waals surface area contributed by atoms with Crippen LogP contribution in [0.15, 0.2) is 21.6 Å². The first-order valence-corrected chi connectivity index (χ1v) is 8.34. The quantitative estimate of drug-likeness (QED) is 0.820. The van der Waals surface area contributed by atoms with E-state index in [2.05, 4.69) is 5.32 Å². The normalized spacial score (nSPS) is 22.9. The third-order valence-electron chi connectivity index (χ3n) is 3.60. The van der Waals surface area contributed by atoms with Crippen LogP contribution in [0.3, 0.4) is 0 Å². The molecule has 9 heteroatoms. The molecule has 1 aliphatic heterocycles. The van der Waals surface area contributed by atoms with Crippen LogP contribution in [0.4, 0.5) is 0 Å². The molecule has 0 radical (unpaired) electrons. The molecule has 0 aromatic carbocycles. The highest BCUT2D eigenvalue weighted by Gasteiger charge is 2.36. The standard InChI is InChI=1S/C13H20N2O5S.ClH/c1-4-19-13(16)11-5-6-12(20-11)21(17,18)15-8-7-14-9(2)10(15)3;/h5-6,9-10,14H,4,7-8H2,1-3H3;1H. The smallest absolute Gasteiger partial charge is 0.374 e. The molecule has 1 N–H and O–H groups in total. The minimum absolute atomic E-state index is 0. The number of esters is 1. The first-order valence-electron chi connectivity index (χ1n) is 6.90. The van der Waals surface area contributed by atoms with Crippen LogP contribution in [0.5, 0.6) is 0 Å². The fraction of sp³-hybridized carbons (Fsp3) is 0.615. The molecule has 1 aromatic heterocycles. The van der Waals surface area contributed by atoms with Crippen LogP contribution in [0.1, 0.15) is 31.3 Å². The van der Waals surface area contributed by atoms with E-state index in [4.69, 9.17) is 9.15 Å². The van der Waals surface area contributed by atoms with Gasteiger partial charge < -0.3 is 14.5 Å². The monoisotopic (exact) mass is 352 g/mol. The number of furan rings is 1. The molecule has 7 nitrogen and oxygen atoms in total. The van der Waals surface area contributed by atoms with E-state index in [9.17, 15) is 13.2 Å². The molecule has 126 valence electrons. The summed E-state index contributed by atoms with van der Waals surface area (Å²) >= 11 is 0. The summed E-state index contributed by atoms with van der Waals surface area (Å²) in [6.07, 6.45) is 0. The van der Waals surface area contributed by atoms with Gasteiger partial charge in [-0.2, -0.15) is 4.31 Å². The number of nitrogens with one attached hydrogen (secondary N) is 1. The Balaban J connectivity index is 0.00000242. The molecule has 1 saturated heterocycles. The molecule has 22 heavy (non-hydrogen) atoms. The summed E-state index contributed by atoms with van der Waals surface area (Å²) in [7, 11) is -3.75. The highest BCUT2D eigenvalue weighted by atomic mass is 35.5. The lowest BCUT2D eigenvalue weighted by atomic mass is 10.1. The highest BCUT2D eigenvalue weighted by Crippen LogP contribution is 2.23. The van der Waals surface area contributed by atoms with Crippen LogP contribution in [-0.4, -0.2) is 50.5 Å². The van der Waals surface area contributed by atoms with Crippen molar-refractivity contribution < 1.29 is 22.4 Å². The number of hydrogen-bond donors (Lipinski definition) is 1. The Bertz CT molecular complexity index is 616. The largest absolute Gasteiger partial charge is 0.460 e. The van der Waals surface area contributed by atoms with Crippen molar-refractivity contribution in [2.45, 2.75) is 37.9 Å². The minimum atomic E-state index is -3.75. The number of nitrogens with zero attached hydrogens (tertiary/aromatic N) is 1. The van der Waals surface area contributed by atoms with Gasteiger partial charge in [-0.3, -0.25) is 0 Å². The third-order valence-corrected chi connectivity index (χ3v) is 5.46. The number of rotatable bonds is 4. The van der Waals surface area contributed by atoms with Crippen LogP contribution in [0.25, 0.3) is 0 Å². The van der Waals surface area contributed by atoms with Gasteiger partial charge in [0.15, 0.2) is 0 Å². The zero-order valence-corrected chi connectivity index (χ0v) is 14.4. The fourth-order valence-electron chi connectivity index (χ4n) is 2.25. The number of sulfonamides is 1. The van der Waals surface area contributed by atoms with E-state index in [0.717, 1.165) is 0 Å². The number of carbonyl (C=O) groups excluding carboxylic acids is 1. The van der Waals surface area contributed by atoms with Gasteiger partial charge in [0.25, 0.3) is 10.0 Å². The van der Waals surface area contributed by atoms with Gasteiger partial charge in [-0.15, -0.1) is 12.4 Å². The summed E-state index contributed by atoms with van der Waals surface area (Å²) in [5, 5.41) is 2.98. The van der Waals surface area contributed by atoms with Crippen molar-refractivity contribution in [3.8, 4) is 0 Å². The Labute approximate surface area is 136 Å². The average Bonchev–Trinajstić information content (AvgIpc) is 2.92. The maximum atomic E-state index is 12.6. The Hall–Kier alpha value is -1.09. The van der Waals surface area contributed by atoms with Gasteiger partial charge in [-0.05, 0) is 32.9 Å². The molecule has 0 aliphatic carbocycles. The molecule has 0 saturated carbocycles. The predicted molar refractivity (Wildman–Crippen MR) is 82.7 cm³/mol. The molecular formula is C13H21ClN2O5S. The molecule has 0 bridgehead atoms. The second kappa shape index (κ2) is 7.45. The summed E-state index contributed by atoms with van der Waals surface area (Å²) in [6.45, 7) is 6.58. The third kappa shape index (κ3) is 3.62. The number of halogens is 1. The lowest BCUT2D eigenvalue weighted by Gasteiger charge is -2.36. The molecule has 1 aromatic rings. The van der Waals surface area contributed by atoms with E-state index >= 15 is 0 Å².